The highest BCUT2D eigenvalue weighted by molar-refractivity contribution is 6.30. The smallest absolute Gasteiger partial charge is 0.273 e. The normalized spacial score (nSPS) is 18.8. The van der Waals surface area contributed by atoms with E-state index in [2.05, 4.69) is 25.3 Å². The molecule has 0 spiro atoms. The Morgan fingerprint density at radius 3 is 2.80 bits per heavy atom. The van der Waals surface area contributed by atoms with Crippen LogP contribution in [0.25, 0.3) is 5.69 Å². The molecule has 0 amide bonds. The van der Waals surface area contributed by atoms with Gasteiger partial charge in [-0.2, -0.15) is 0 Å². The maximum atomic E-state index is 12.1. The summed E-state index contributed by atoms with van der Waals surface area (Å²) in [5.41, 5.74) is 2.26. The standard InChI is InChI=1S/C22H23ClN6O/c1-14-15(2)27-21(13-24-14)25-11-16-5-6-17(10-16)28-20-8-7-18(12-26-20)29-9-3-4-19(23)22(29)30/h3-4,7-9,11-13,16-17H,5-6,10H2,1-2H3,(H,26,28)/b25-11-/t16?,17-/m0/s1. The summed E-state index contributed by atoms with van der Waals surface area (Å²) in [6.07, 6.45) is 10.1. The molecule has 1 fully saturated rings. The minimum atomic E-state index is -0.256. The van der Waals surface area contributed by atoms with Crippen LogP contribution in [0.2, 0.25) is 5.02 Å². The van der Waals surface area contributed by atoms with Crippen molar-refractivity contribution in [2.75, 3.05) is 5.32 Å². The van der Waals surface area contributed by atoms with Gasteiger partial charge in [0.25, 0.3) is 5.56 Å². The highest BCUT2D eigenvalue weighted by Crippen LogP contribution is 2.27. The molecule has 1 N–H and O–H groups in total. The number of nitrogens with one attached hydrogen (secondary N) is 1. The van der Waals surface area contributed by atoms with Crippen LogP contribution in [0.15, 0.2) is 52.6 Å². The van der Waals surface area contributed by atoms with Gasteiger partial charge in [-0.3, -0.25) is 14.3 Å². The van der Waals surface area contributed by atoms with E-state index in [0.717, 1.165) is 36.5 Å². The van der Waals surface area contributed by atoms with Crippen LogP contribution in [0.4, 0.5) is 11.6 Å². The van der Waals surface area contributed by atoms with Crippen LogP contribution in [-0.2, 0) is 0 Å². The maximum Gasteiger partial charge on any atom is 0.273 e. The summed E-state index contributed by atoms with van der Waals surface area (Å²) in [6.45, 7) is 3.88. The van der Waals surface area contributed by atoms with Crippen molar-refractivity contribution in [3.05, 3.63) is 69.6 Å². The number of pyridine rings is 2. The van der Waals surface area contributed by atoms with E-state index in [-0.39, 0.29) is 10.6 Å². The summed E-state index contributed by atoms with van der Waals surface area (Å²) < 4.78 is 1.48. The molecule has 4 rings (SSSR count). The minimum absolute atomic E-state index is 0.185. The molecule has 3 aromatic rings. The minimum Gasteiger partial charge on any atom is -0.367 e. The van der Waals surface area contributed by atoms with Crippen molar-refractivity contribution in [2.24, 2.45) is 10.9 Å². The molecule has 0 saturated heterocycles. The van der Waals surface area contributed by atoms with Crippen LogP contribution < -0.4 is 10.9 Å². The average molecular weight is 423 g/mol. The Labute approximate surface area is 179 Å². The zero-order valence-corrected chi connectivity index (χ0v) is 17.7. The second-order valence-corrected chi connectivity index (χ2v) is 7.93. The largest absolute Gasteiger partial charge is 0.367 e. The van der Waals surface area contributed by atoms with Crippen LogP contribution >= 0.6 is 11.6 Å². The van der Waals surface area contributed by atoms with Gasteiger partial charge in [0.15, 0.2) is 5.82 Å². The van der Waals surface area contributed by atoms with Crippen molar-refractivity contribution < 1.29 is 0 Å². The number of hydrogen-bond donors (Lipinski definition) is 1. The number of anilines is 1. The molecular weight excluding hydrogens is 400 g/mol. The topological polar surface area (TPSA) is 85.1 Å². The zero-order valence-electron chi connectivity index (χ0n) is 16.9. The van der Waals surface area contributed by atoms with Crippen molar-refractivity contribution in [1.82, 2.24) is 19.5 Å². The first-order chi connectivity index (χ1) is 14.5. The second-order valence-electron chi connectivity index (χ2n) is 7.52. The SMILES string of the molecule is Cc1ncc(/N=C\C2CC[C@H](Nc3ccc(-n4cccc(Cl)c4=O)cn3)C2)nc1C. The van der Waals surface area contributed by atoms with Gasteiger partial charge in [-0.15, -0.1) is 0 Å². The molecule has 0 radical (unpaired) electrons. The second kappa shape index (κ2) is 8.75. The maximum absolute atomic E-state index is 12.1. The van der Waals surface area contributed by atoms with E-state index < -0.39 is 0 Å². The van der Waals surface area contributed by atoms with Crippen molar-refractivity contribution in [2.45, 2.75) is 39.2 Å². The third kappa shape index (κ3) is 4.57. The van der Waals surface area contributed by atoms with E-state index in [1.807, 2.05) is 32.2 Å². The number of halogens is 1. The first-order valence-corrected chi connectivity index (χ1v) is 10.3. The first-order valence-electron chi connectivity index (χ1n) is 9.94. The summed E-state index contributed by atoms with van der Waals surface area (Å²) >= 11 is 5.92. The predicted octanol–water partition coefficient (Wildman–Crippen LogP) is 4.28. The van der Waals surface area contributed by atoms with E-state index in [1.54, 1.807) is 30.7 Å². The van der Waals surface area contributed by atoms with E-state index in [0.29, 0.717) is 23.5 Å². The summed E-state index contributed by atoms with van der Waals surface area (Å²) in [4.78, 5) is 29.9. The van der Waals surface area contributed by atoms with Crippen molar-refractivity contribution >= 4 is 29.5 Å². The van der Waals surface area contributed by atoms with Crippen LogP contribution in [0, 0.1) is 19.8 Å². The van der Waals surface area contributed by atoms with Gasteiger partial charge in [0, 0.05) is 18.5 Å². The number of rotatable bonds is 5. The zero-order chi connectivity index (χ0) is 21.1. The lowest BCUT2D eigenvalue weighted by molar-refractivity contribution is 0.714. The van der Waals surface area contributed by atoms with Crippen LogP contribution in [0.1, 0.15) is 30.7 Å². The molecule has 1 unspecified atom stereocenters. The lowest BCUT2D eigenvalue weighted by Gasteiger charge is -2.13. The van der Waals surface area contributed by atoms with E-state index in [4.69, 9.17) is 11.6 Å². The number of hydrogen-bond acceptors (Lipinski definition) is 6. The van der Waals surface area contributed by atoms with Crippen molar-refractivity contribution in [1.29, 1.82) is 0 Å². The van der Waals surface area contributed by atoms with Crippen LogP contribution in [0.3, 0.4) is 0 Å². The van der Waals surface area contributed by atoms with E-state index >= 15 is 0 Å². The summed E-state index contributed by atoms with van der Waals surface area (Å²) in [6, 6.07) is 7.39. The molecule has 1 saturated carbocycles. The third-order valence-electron chi connectivity index (χ3n) is 5.35. The number of nitrogens with zero attached hydrogens (tertiary/aromatic N) is 5. The van der Waals surface area contributed by atoms with Gasteiger partial charge in [0.1, 0.15) is 10.8 Å². The summed E-state index contributed by atoms with van der Waals surface area (Å²) in [5, 5.41) is 3.66. The third-order valence-corrected chi connectivity index (χ3v) is 5.64. The van der Waals surface area contributed by atoms with Gasteiger partial charge in [-0.05, 0) is 63.3 Å². The lowest BCUT2D eigenvalue weighted by Crippen LogP contribution is -2.19. The Kier molecular flexibility index (Phi) is 5.90. The molecule has 30 heavy (non-hydrogen) atoms. The fourth-order valence-electron chi connectivity index (χ4n) is 3.55. The average Bonchev–Trinajstić information content (AvgIpc) is 3.19. The predicted molar refractivity (Wildman–Crippen MR) is 119 cm³/mol. The fourth-order valence-corrected chi connectivity index (χ4v) is 3.71. The molecule has 0 aliphatic heterocycles. The van der Waals surface area contributed by atoms with Crippen molar-refractivity contribution in [3.63, 3.8) is 0 Å². The Morgan fingerprint density at radius 1 is 1.17 bits per heavy atom. The molecular formula is C22H23ClN6O. The molecule has 7 nitrogen and oxygen atoms in total. The Hall–Kier alpha value is -3.06. The van der Waals surface area contributed by atoms with Gasteiger partial charge in [0.05, 0.1) is 29.5 Å². The van der Waals surface area contributed by atoms with Crippen molar-refractivity contribution in [3.8, 4) is 5.69 Å². The fraction of sp³-hybridized carbons (Fsp3) is 0.318. The number of aromatic nitrogens is 4. The highest BCUT2D eigenvalue weighted by atomic mass is 35.5. The first kappa shape index (κ1) is 20.2. The van der Waals surface area contributed by atoms with E-state index in [1.165, 1.54) is 4.57 Å². The lowest BCUT2D eigenvalue weighted by atomic mass is 10.1. The van der Waals surface area contributed by atoms with Gasteiger partial charge in [0.2, 0.25) is 0 Å². The molecule has 0 aromatic carbocycles. The quantitative estimate of drug-likeness (QED) is 0.620. The molecule has 3 heterocycles. The van der Waals surface area contributed by atoms with E-state index in [9.17, 15) is 4.79 Å². The molecule has 8 heteroatoms. The monoisotopic (exact) mass is 422 g/mol. The molecule has 154 valence electrons. The highest BCUT2D eigenvalue weighted by Gasteiger charge is 2.23. The number of aliphatic imine (C=N–C) groups is 1. The summed E-state index contributed by atoms with van der Waals surface area (Å²) in [5.74, 6) is 1.84. The van der Waals surface area contributed by atoms with Crippen LogP contribution in [0.5, 0.6) is 0 Å². The Bertz CT molecular complexity index is 1130. The number of aryl methyl sites for hydroxylation is 2. The van der Waals surface area contributed by atoms with Gasteiger partial charge in [-0.1, -0.05) is 11.6 Å². The molecule has 1 aliphatic rings. The van der Waals surface area contributed by atoms with Gasteiger partial charge >= 0.3 is 0 Å². The Balaban J connectivity index is 1.36. The Morgan fingerprint density at radius 2 is 2.03 bits per heavy atom. The summed E-state index contributed by atoms with van der Waals surface area (Å²) in [7, 11) is 0. The van der Waals surface area contributed by atoms with Gasteiger partial charge in [-0.25, -0.2) is 15.0 Å². The van der Waals surface area contributed by atoms with Gasteiger partial charge < -0.3 is 5.32 Å². The molecule has 0 bridgehead atoms. The molecule has 3 aromatic heterocycles. The molecule has 2 atom stereocenters. The molecule has 1 aliphatic carbocycles. The van der Waals surface area contributed by atoms with Crippen LogP contribution in [-0.4, -0.2) is 31.8 Å².